The molecule has 19 heavy (non-hydrogen) atoms. The number of benzene rings is 1. The van der Waals surface area contributed by atoms with E-state index < -0.39 is 4.92 Å². The summed E-state index contributed by atoms with van der Waals surface area (Å²) in [5.74, 6) is 0.279. The van der Waals surface area contributed by atoms with Gasteiger partial charge in [0.05, 0.1) is 4.92 Å². The largest absolute Gasteiger partial charge is 0.270 e. The minimum absolute atomic E-state index is 0.0305. The van der Waals surface area contributed by atoms with Gasteiger partial charge in [-0.1, -0.05) is 29.3 Å². The van der Waals surface area contributed by atoms with Crippen molar-refractivity contribution in [1.29, 1.82) is 0 Å². The number of nitro benzene ring substituents is 1. The molecule has 0 radical (unpaired) electrons. The van der Waals surface area contributed by atoms with E-state index in [1.165, 1.54) is 12.1 Å². The number of aryl methyl sites for hydroxylation is 1. The van der Waals surface area contributed by atoms with Crippen molar-refractivity contribution in [2.45, 2.75) is 13.8 Å². The van der Waals surface area contributed by atoms with Gasteiger partial charge in [-0.25, -0.2) is 9.97 Å². The first kappa shape index (κ1) is 13.7. The number of rotatable bonds is 2. The van der Waals surface area contributed by atoms with Gasteiger partial charge in [-0.15, -0.1) is 0 Å². The van der Waals surface area contributed by atoms with Gasteiger partial charge in [-0.05, 0) is 19.4 Å². The van der Waals surface area contributed by atoms with Crippen LogP contribution < -0.4 is 0 Å². The maximum absolute atomic E-state index is 10.8. The Kier molecular flexibility index (Phi) is 3.68. The molecule has 0 aliphatic heterocycles. The van der Waals surface area contributed by atoms with Gasteiger partial charge in [0.1, 0.15) is 10.3 Å². The quantitative estimate of drug-likeness (QED) is 0.478. The Bertz CT molecular complexity index is 651. The summed E-state index contributed by atoms with van der Waals surface area (Å²) in [4.78, 5) is 18.5. The second kappa shape index (κ2) is 5.11. The van der Waals surface area contributed by atoms with Crippen LogP contribution in [0, 0.1) is 24.0 Å². The fourth-order valence-electron chi connectivity index (χ4n) is 1.55. The van der Waals surface area contributed by atoms with Crippen LogP contribution in [0.3, 0.4) is 0 Å². The molecule has 0 unspecified atom stereocenters. The normalized spacial score (nSPS) is 10.5. The molecule has 0 amide bonds. The van der Waals surface area contributed by atoms with Gasteiger partial charge in [-0.2, -0.15) is 0 Å². The number of non-ortho nitro benzene ring substituents is 1. The van der Waals surface area contributed by atoms with Gasteiger partial charge in [0, 0.05) is 23.3 Å². The molecule has 0 aliphatic rings. The highest BCUT2D eigenvalue weighted by Gasteiger charge is 2.15. The maximum Gasteiger partial charge on any atom is 0.270 e. The van der Waals surface area contributed by atoms with E-state index in [4.69, 9.17) is 23.2 Å². The lowest BCUT2D eigenvalue weighted by Gasteiger charge is -2.07. The maximum atomic E-state index is 10.8. The van der Waals surface area contributed by atoms with Gasteiger partial charge < -0.3 is 0 Å². The molecule has 5 nitrogen and oxygen atoms in total. The molecule has 0 saturated carbocycles. The standard InChI is InChI=1S/C12H9Cl2N3O2/c1-6-3-4-8(17(18)19)5-9(6)12-15-10(13)7(2)11(14)16-12/h3-5H,1-2H3. The highest BCUT2D eigenvalue weighted by molar-refractivity contribution is 6.34. The zero-order valence-corrected chi connectivity index (χ0v) is 11.7. The van der Waals surface area contributed by atoms with E-state index in [0.29, 0.717) is 11.1 Å². The molecule has 7 heteroatoms. The average molecular weight is 298 g/mol. The Morgan fingerprint density at radius 3 is 2.26 bits per heavy atom. The van der Waals surface area contributed by atoms with Crippen LogP contribution in [0.2, 0.25) is 10.3 Å². The molecule has 0 bridgehead atoms. The van der Waals surface area contributed by atoms with Crippen molar-refractivity contribution in [3.8, 4) is 11.4 Å². The summed E-state index contributed by atoms with van der Waals surface area (Å²) < 4.78 is 0. The van der Waals surface area contributed by atoms with Crippen molar-refractivity contribution < 1.29 is 4.92 Å². The van der Waals surface area contributed by atoms with Crippen LogP contribution in [0.25, 0.3) is 11.4 Å². The predicted octanol–water partition coefficient (Wildman–Crippen LogP) is 3.98. The lowest BCUT2D eigenvalue weighted by Crippen LogP contribution is -1.97. The Balaban J connectivity index is 2.64. The zero-order valence-electron chi connectivity index (χ0n) is 10.1. The summed E-state index contributed by atoms with van der Waals surface area (Å²) in [6.07, 6.45) is 0. The Morgan fingerprint density at radius 1 is 1.16 bits per heavy atom. The molecule has 1 aromatic heterocycles. The van der Waals surface area contributed by atoms with Crippen LogP contribution >= 0.6 is 23.2 Å². The van der Waals surface area contributed by atoms with Gasteiger partial charge >= 0.3 is 0 Å². The highest BCUT2D eigenvalue weighted by atomic mass is 35.5. The predicted molar refractivity (Wildman–Crippen MR) is 73.6 cm³/mol. The van der Waals surface area contributed by atoms with E-state index >= 15 is 0 Å². The monoisotopic (exact) mass is 297 g/mol. The van der Waals surface area contributed by atoms with Gasteiger partial charge in [0.25, 0.3) is 5.69 Å². The van der Waals surface area contributed by atoms with Crippen molar-refractivity contribution in [1.82, 2.24) is 9.97 Å². The van der Waals surface area contributed by atoms with Crippen molar-refractivity contribution >= 4 is 28.9 Å². The van der Waals surface area contributed by atoms with Crippen molar-refractivity contribution in [3.05, 3.63) is 49.7 Å². The van der Waals surface area contributed by atoms with Crippen molar-refractivity contribution in [2.24, 2.45) is 0 Å². The molecule has 0 N–H and O–H groups in total. The third-order valence-electron chi connectivity index (χ3n) is 2.70. The minimum atomic E-state index is -0.472. The second-order valence-corrected chi connectivity index (χ2v) is 4.73. The first-order valence-corrected chi connectivity index (χ1v) is 6.11. The Labute approximate surface area is 119 Å². The molecule has 1 aromatic carbocycles. The third kappa shape index (κ3) is 2.67. The second-order valence-electron chi connectivity index (χ2n) is 4.01. The average Bonchev–Trinajstić information content (AvgIpc) is 2.35. The van der Waals surface area contributed by atoms with E-state index in [9.17, 15) is 10.1 Å². The minimum Gasteiger partial charge on any atom is -0.258 e. The van der Waals surface area contributed by atoms with Gasteiger partial charge in [0.2, 0.25) is 0 Å². The molecule has 0 saturated heterocycles. The summed E-state index contributed by atoms with van der Waals surface area (Å²) >= 11 is 11.9. The number of nitrogens with zero attached hydrogens (tertiary/aromatic N) is 3. The van der Waals surface area contributed by atoms with E-state index in [1.807, 2.05) is 6.92 Å². The van der Waals surface area contributed by atoms with E-state index in [2.05, 4.69) is 9.97 Å². The molecule has 1 heterocycles. The molecule has 0 aliphatic carbocycles. The SMILES string of the molecule is Cc1ccc([N+](=O)[O-])cc1-c1nc(Cl)c(C)c(Cl)n1. The summed E-state index contributed by atoms with van der Waals surface area (Å²) in [5, 5.41) is 11.3. The third-order valence-corrected chi connectivity index (χ3v) is 3.44. The summed E-state index contributed by atoms with van der Waals surface area (Å²) in [5.41, 5.74) is 1.90. The molecule has 2 rings (SSSR count). The van der Waals surface area contributed by atoms with Crippen LogP contribution in [0.15, 0.2) is 18.2 Å². The van der Waals surface area contributed by atoms with Crippen LogP contribution in [0.1, 0.15) is 11.1 Å². The smallest absolute Gasteiger partial charge is 0.258 e. The number of nitro groups is 1. The van der Waals surface area contributed by atoms with E-state index in [1.54, 1.807) is 13.0 Å². The van der Waals surface area contributed by atoms with E-state index in [-0.39, 0.29) is 21.8 Å². The molecule has 98 valence electrons. The molecule has 2 aromatic rings. The lowest BCUT2D eigenvalue weighted by atomic mass is 10.1. The fraction of sp³-hybridized carbons (Fsp3) is 0.167. The van der Waals surface area contributed by atoms with Crippen LogP contribution in [-0.4, -0.2) is 14.9 Å². The number of aromatic nitrogens is 2. The Morgan fingerprint density at radius 2 is 1.74 bits per heavy atom. The molecule has 0 spiro atoms. The Hall–Kier alpha value is -1.72. The van der Waals surface area contributed by atoms with Crippen molar-refractivity contribution in [2.75, 3.05) is 0 Å². The zero-order chi connectivity index (χ0) is 14.2. The van der Waals surface area contributed by atoms with Gasteiger partial charge in [0.15, 0.2) is 5.82 Å². The van der Waals surface area contributed by atoms with Crippen molar-refractivity contribution in [3.63, 3.8) is 0 Å². The fourth-order valence-corrected chi connectivity index (χ4v) is 1.94. The summed E-state index contributed by atoms with van der Waals surface area (Å²) in [6.45, 7) is 3.51. The van der Waals surface area contributed by atoms with Crippen LogP contribution in [0.4, 0.5) is 5.69 Å². The van der Waals surface area contributed by atoms with E-state index in [0.717, 1.165) is 5.56 Å². The first-order chi connectivity index (χ1) is 8.90. The molecule has 0 atom stereocenters. The molecular formula is C12H9Cl2N3O2. The van der Waals surface area contributed by atoms with Gasteiger partial charge in [-0.3, -0.25) is 10.1 Å². The summed E-state index contributed by atoms with van der Waals surface area (Å²) in [6, 6.07) is 4.47. The number of halogens is 2. The van der Waals surface area contributed by atoms with Crippen LogP contribution in [0.5, 0.6) is 0 Å². The van der Waals surface area contributed by atoms with Crippen LogP contribution in [-0.2, 0) is 0 Å². The summed E-state index contributed by atoms with van der Waals surface area (Å²) in [7, 11) is 0. The lowest BCUT2D eigenvalue weighted by molar-refractivity contribution is -0.384. The number of hydrogen-bond donors (Lipinski definition) is 0. The molecular weight excluding hydrogens is 289 g/mol. The topological polar surface area (TPSA) is 68.9 Å². The highest BCUT2D eigenvalue weighted by Crippen LogP contribution is 2.29. The number of hydrogen-bond acceptors (Lipinski definition) is 4. The molecule has 0 fully saturated rings. The first-order valence-electron chi connectivity index (χ1n) is 5.35.